The molecule has 0 heterocycles. The summed E-state index contributed by atoms with van der Waals surface area (Å²) in [6.45, 7) is 12.3. The van der Waals surface area contributed by atoms with Crippen molar-refractivity contribution >= 4 is 29.9 Å². The summed E-state index contributed by atoms with van der Waals surface area (Å²) in [4.78, 5) is 8.92. The highest BCUT2D eigenvalue weighted by atomic mass is 127. The first-order valence-electron chi connectivity index (χ1n) is 8.32. The summed E-state index contributed by atoms with van der Waals surface area (Å²) in [5, 5.41) is 3.43. The predicted molar refractivity (Wildman–Crippen MR) is 105 cm³/mol. The van der Waals surface area contributed by atoms with Gasteiger partial charge in [0.25, 0.3) is 0 Å². The van der Waals surface area contributed by atoms with Gasteiger partial charge >= 0.3 is 0 Å². The molecule has 1 N–H and O–H groups in total. The molecule has 1 fully saturated rings. The van der Waals surface area contributed by atoms with Crippen molar-refractivity contribution in [3.8, 4) is 0 Å². The summed E-state index contributed by atoms with van der Waals surface area (Å²) >= 11 is 0. The van der Waals surface area contributed by atoms with Crippen LogP contribution in [-0.4, -0.2) is 75.3 Å². The molecule has 1 rings (SSSR count). The maximum Gasteiger partial charge on any atom is 0.193 e. The van der Waals surface area contributed by atoms with Gasteiger partial charge in [0.15, 0.2) is 5.96 Å². The van der Waals surface area contributed by atoms with Gasteiger partial charge in [0.2, 0.25) is 0 Å². The zero-order valence-corrected chi connectivity index (χ0v) is 17.3. The van der Waals surface area contributed by atoms with E-state index in [4.69, 9.17) is 4.74 Å². The van der Waals surface area contributed by atoms with Crippen molar-refractivity contribution in [2.24, 2.45) is 10.9 Å². The number of likely N-dealkylation sites (N-methyl/N-ethyl adjacent to an activating group) is 2. The molecule has 0 aliphatic heterocycles. The standard InChI is InChI=1S/C16H34N4O.HI/c1-6-20(14(2)3)10-9-18-16(17-4)19(5)11-12-21-13-15-7-8-15;/h14-15H,6-13H2,1-5H3,(H,17,18);1H. The van der Waals surface area contributed by atoms with Crippen LogP contribution in [0.1, 0.15) is 33.6 Å². The second-order valence-electron chi connectivity index (χ2n) is 6.14. The average Bonchev–Trinajstić information content (AvgIpc) is 3.27. The lowest BCUT2D eigenvalue weighted by Crippen LogP contribution is -2.44. The Kier molecular flexibility index (Phi) is 12.3. The van der Waals surface area contributed by atoms with Crippen LogP contribution in [0, 0.1) is 5.92 Å². The van der Waals surface area contributed by atoms with E-state index in [2.05, 4.69) is 47.9 Å². The van der Waals surface area contributed by atoms with Crippen molar-refractivity contribution in [2.45, 2.75) is 39.7 Å². The number of nitrogens with zero attached hydrogens (tertiary/aromatic N) is 3. The third kappa shape index (κ3) is 9.15. The first-order valence-corrected chi connectivity index (χ1v) is 8.32. The van der Waals surface area contributed by atoms with Crippen molar-refractivity contribution in [3.05, 3.63) is 0 Å². The summed E-state index contributed by atoms with van der Waals surface area (Å²) in [5.74, 6) is 1.79. The van der Waals surface area contributed by atoms with Crippen LogP contribution in [0.4, 0.5) is 0 Å². The molecule has 5 nitrogen and oxygen atoms in total. The zero-order chi connectivity index (χ0) is 15.7. The van der Waals surface area contributed by atoms with Crippen LogP contribution in [0.25, 0.3) is 0 Å². The lowest BCUT2D eigenvalue weighted by Gasteiger charge is -2.27. The average molecular weight is 426 g/mol. The highest BCUT2D eigenvalue weighted by Gasteiger charge is 2.21. The molecular formula is C16H35IN4O. The van der Waals surface area contributed by atoms with Gasteiger partial charge in [-0.25, -0.2) is 0 Å². The van der Waals surface area contributed by atoms with Crippen LogP contribution in [0.3, 0.4) is 0 Å². The van der Waals surface area contributed by atoms with Crippen molar-refractivity contribution in [1.82, 2.24) is 15.1 Å². The van der Waals surface area contributed by atoms with Crippen LogP contribution >= 0.6 is 24.0 Å². The van der Waals surface area contributed by atoms with Crippen molar-refractivity contribution < 1.29 is 4.74 Å². The summed E-state index contributed by atoms with van der Waals surface area (Å²) in [7, 11) is 3.90. The molecule has 22 heavy (non-hydrogen) atoms. The van der Waals surface area contributed by atoms with E-state index >= 15 is 0 Å². The first kappa shape index (κ1) is 21.9. The molecular weight excluding hydrogens is 391 g/mol. The SMILES string of the molecule is CCN(CCNC(=NC)N(C)CCOCC1CC1)C(C)C.I. The normalized spacial score (nSPS) is 15.1. The Morgan fingerprint density at radius 1 is 1.32 bits per heavy atom. The van der Waals surface area contributed by atoms with Gasteiger partial charge in [0, 0.05) is 46.4 Å². The van der Waals surface area contributed by atoms with E-state index in [9.17, 15) is 0 Å². The fourth-order valence-electron chi connectivity index (χ4n) is 2.32. The fourth-order valence-corrected chi connectivity index (χ4v) is 2.32. The van der Waals surface area contributed by atoms with Gasteiger partial charge in [0.05, 0.1) is 6.61 Å². The topological polar surface area (TPSA) is 40.1 Å². The Morgan fingerprint density at radius 2 is 2.00 bits per heavy atom. The smallest absolute Gasteiger partial charge is 0.193 e. The molecule has 0 radical (unpaired) electrons. The Hall–Kier alpha value is -0.0800. The maximum atomic E-state index is 5.68. The lowest BCUT2D eigenvalue weighted by molar-refractivity contribution is 0.115. The van der Waals surface area contributed by atoms with Gasteiger partial charge < -0.3 is 15.0 Å². The lowest BCUT2D eigenvalue weighted by atomic mass is 10.3. The molecule has 1 aliphatic carbocycles. The molecule has 0 aromatic heterocycles. The van der Waals surface area contributed by atoms with Crippen molar-refractivity contribution in [1.29, 1.82) is 0 Å². The predicted octanol–water partition coefficient (Wildman–Crippen LogP) is 2.27. The molecule has 0 saturated heterocycles. The van der Waals surface area contributed by atoms with Crippen LogP contribution in [0.5, 0.6) is 0 Å². The van der Waals surface area contributed by atoms with Crippen LogP contribution in [0.2, 0.25) is 0 Å². The summed E-state index contributed by atoms with van der Waals surface area (Å²) < 4.78 is 5.68. The quantitative estimate of drug-likeness (QED) is 0.252. The molecule has 132 valence electrons. The molecule has 0 amide bonds. The zero-order valence-electron chi connectivity index (χ0n) is 15.0. The van der Waals surface area contributed by atoms with E-state index < -0.39 is 0 Å². The van der Waals surface area contributed by atoms with Crippen LogP contribution < -0.4 is 5.32 Å². The summed E-state index contributed by atoms with van der Waals surface area (Å²) in [5.41, 5.74) is 0. The number of aliphatic imine (C=N–C) groups is 1. The Balaban J connectivity index is 0.00000441. The molecule has 0 unspecified atom stereocenters. The highest BCUT2D eigenvalue weighted by Crippen LogP contribution is 2.28. The molecule has 0 aromatic rings. The Labute approximate surface area is 153 Å². The number of hydrogen-bond acceptors (Lipinski definition) is 3. The Morgan fingerprint density at radius 3 is 2.50 bits per heavy atom. The van der Waals surface area contributed by atoms with Crippen molar-refractivity contribution in [3.63, 3.8) is 0 Å². The van der Waals surface area contributed by atoms with E-state index in [1.165, 1.54) is 12.8 Å². The monoisotopic (exact) mass is 426 g/mol. The molecule has 0 aromatic carbocycles. The second kappa shape index (κ2) is 12.4. The number of hydrogen-bond donors (Lipinski definition) is 1. The molecule has 1 saturated carbocycles. The molecule has 0 spiro atoms. The largest absolute Gasteiger partial charge is 0.379 e. The molecule has 1 aliphatic rings. The summed E-state index contributed by atoms with van der Waals surface area (Å²) in [6.07, 6.45) is 2.70. The highest BCUT2D eigenvalue weighted by molar-refractivity contribution is 14.0. The van der Waals surface area contributed by atoms with Crippen molar-refractivity contribution in [2.75, 3.05) is 53.5 Å². The Bertz CT molecular complexity index is 309. The molecule has 0 bridgehead atoms. The number of halogens is 1. The number of nitrogens with one attached hydrogen (secondary N) is 1. The summed E-state index contributed by atoms with van der Waals surface area (Å²) in [6, 6.07) is 0.590. The minimum atomic E-state index is 0. The van der Waals surface area contributed by atoms with Crippen LogP contribution in [-0.2, 0) is 4.74 Å². The number of ether oxygens (including phenoxy) is 1. The number of rotatable bonds is 10. The minimum absolute atomic E-state index is 0. The van der Waals surface area contributed by atoms with Gasteiger partial charge in [-0.1, -0.05) is 6.92 Å². The maximum absolute atomic E-state index is 5.68. The first-order chi connectivity index (χ1) is 10.1. The van der Waals surface area contributed by atoms with Gasteiger partial charge in [-0.15, -0.1) is 24.0 Å². The fraction of sp³-hybridized carbons (Fsp3) is 0.938. The minimum Gasteiger partial charge on any atom is -0.379 e. The third-order valence-corrected chi connectivity index (χ3v) is 4.01. The van der Waals surface area contributed by atoms with E-state index in [1.54, 1.807) is 0 Å². The third-order valence-electron chi connectivity index (χ3n) is 4.01. The van der Waals surface area contributed by atoms with E-state index in [-0.39, 0.29) is 24.0 Å². The van der Waals surface area contributed by atoms with E-state index in [1.807, 2.05) is 7.05 Å². The van der Waals surface area contributed by atoms with Gasteiger partial charge in [-0.2, -0.15) is 0 Å². The van der Waals surface area contributed by atoms with Gasteiger partial charge in [0.1, 0.15) is 0 Å². The van der Waals surface area contributed by atoms with Crippen LogP contribution in [0.15, 0.2) is 4.99 Å². The number of guanidine groups is 1. The van der Waals surface area contributed by atoms with Gasteiger partial charge in [-0.05, 0) is 39.2 Å². The van der Waals surface area contributed by atoms with E-state index in [0.717, 1.165) is 51.3 Å². The second-order valence-corrected chi connectivity index (χ2v) is 6.14. The van der Waals surface area contributed by atoms with E-state index in [0.29, 0.717) is 6.04 Å². The molecule has 6 heteroatoms. The molecule has 0 atom stereocenters. The van der Waals surface area contributed by atoms with Gasteiger partial charge in [-0.3, -0.25) is 9.89 Å².